The maximum atomic E-state index is 5.52. The van der Waals surface area contributed by atoms with Gasteiger partial charge >= 0.3 is 0 Å². The van der Waals surface area contributed by atoms with E-state index in [2.05, 4.69) is 28.7 Å². The minimum absolute atomic E-state index is 0.567. The Morgan fingerprint density at radius 3 is 3.00 bits per heavy atom. The van der Waals surface area contributed by atoms with Gasteiger partial charge in [-0.05, 0) is 23.9 Å². The molecule has 0 unspecified atom stereocenters. The number of aromatic nitrogens is 1. The smallest absolute Gasteiger partial charge is 0.183 e. The normalized spacial score (nSPS) is 10.5. The molecule has 0 amide bonds. The van der Waals surface area contributed by atoms with Crippen LogP contribution in [0.1, 0.15) is 15.3 Å². The van der Waals surface area contributed by atoms with Gasteiger partial charge in [-0.1, -0.05) is 0 Å². The van der Waals surface area contributed by atoms with Gasteiger partial charge in [0.1, 0.15) is 0 Å². The first-order chi connectivity index (χ1) is 7.29. The van der Waals surface area contributed by atoms with Crippen molar-refractivity contribution in [1.82, 2.24) is 4.98 Å². The summed E-state index contributed by atoms with van der Waals surface area (Å²) in [6.45, 7) is 3.54. The molecule has 5 heteroatoms. The minimum atomic E-state index is 0.567. The van der Waals surface area contributed by atoms with Crippen molar-refractivity contribution >= 4 is 27.8 Å². The highest BCUT2D eigenvalue weighted by atomic mass is 32.1. The van der Waals surface area contributed by atoms with Gasteiger partial charge in [-0.25, -0.2) is 4.98 Å². The highest BCUT2D eigenvalue weighted by Gasteiger charge is 2.02. The maximum Gasteiger partial charge on any atom is 0.183 e. The molecule has 3 N–H and O–H groups in total. The van der Waals surface area contributed by atoms with Crippen molar-refractivity contribution in [3.05, 3.63) is 33.0 Å². The van der Waals surface area contributed by atoms with E-state index in [0.29, 0.717) is 6.54 Å². The van der Waals surface area contributed by atoms with Crippen molar-refractivity contribution in [2.45, 2.75) is 20.0 Å². The molecule has 80 valence electrons. The Hall–Kier alpha value is -0.910. The van der Waals surface area contributed by atoms with Crippen LogP contribution in [0.25, 0.3) is 0 Å². The summed E-state index contributed by atoms with van der Waals surface area (Å²) in [5.74, 6) is 0. The van der Waals surface area contributed by atoms with Gasteiger partial charge in [0.25, 0.3) is 0 Å². The first-order valence-corrected chi connectivity index (χ1v) is 6.41. The summed E-state index contributed by atoms with van der Waals surface area (Å²) < 4.78 is 0. The van der Waals surface area contributed by atoms with Crippen LogP contribution in [0, 0.1) is 6.92 Å². The quantitative estimate of drug-likeness (QED) is 0.862. The zero-order chi connectivity index (χ0) is 10.7. The molecule has 0 atom stereocenters. The van der Waals surface area contributed by atoms with Crippen LogP contribution in [0.3, 0.4) is 0 Å². The van der Waals surface area contributed by atoms with Crippen molar-refractivity contribution in [2.75, 3.05) is 5.32 Å². The number of nitrogens with zero attached hydrogens (tertiary/aromatic N) is 1. The van der Waals surface area contributed by atoms with Gasteiger partial charge in [0.05, 0.1) is 6.54 Å². The van der Waals surface area contributed by atoms with E-state index in [-0.39, 0.29) is 0 Å². The van der Waals surface area contributed by atoms with E-state index in [9.17, 15) is 0 Å². The number of anilines is 1. The van der Waals surface area contributed by atoms with Gasteiger partial charge in [0.2, 0.25) is 0 Å². The molecule has 0 aliphatic rings. The topological polar surface area (TPSA) is 50.9 Å². The molecule has 2 aromatic rings. The summed E-state index contributed by atoms with van der Waals surface area (Å²) in [6.07, 6.45) is 1.83. The second-order valence-corrected chi connectivity index (χ2v) is 5.33. The summed E-state index contributed by atoms with van der Waals surface area (Å²) in [5, 5.41) is 6.36. The Kier molecular flexibility index (Phi) is 3.35. The van der Waals surface area contributed by atoms with E-state index in [4.69, 9.17) is 5.73 Å². The van der Waals surface area contributed by atoms with E-state index >= 15 is 0 Å². The number of nitrogens with one attached hydrogen (secondary N) is 1. The standard InChI is InChI=1S/C10H13N3S2/c1-7-2-3-14-9(7)6-13-10-12-5-8(4-11)15-10/h2-3,5H,4,6,11H2,1H3,(H,12,13). The van der Waals surface area contributed by atoms with Gasteiger partial charge < -0.3 is 11.1 Å². The van der Waals surface area contributed by atoms with Crippen LogP contribution in [0.2, 0.25) is 0 Å². The molecule has 2 aromatic heterocycles. The number of hydrogen-bond donors (Lipinski definition) is 2. The second kappa shape index (κ2) is 4.74. The van der Waals surface area contributed by atoms with Gasteiger partial charge in [0.15, 0.2) is 5.13 Å². The molecule has 15 heavy (non-hydrogen) atoms. The van der Waals surface area contributed by atoms with Gasteiger partial charge in [-0.2, -0.15) is 0 Å². The lowest BCUT2D eigenvalue weighted by molar-refractivity contribution is 1.09. The molecule has 0 fully saturated rings. The van der Waals surface area contributed by atoms with Crippen LogP contribution in [0.5, 0.6) is 0 Å². The molecule has 0 saturated carbocycles. The molecule has 2 rings (SSSR count). The average Bonchev–Trinajstić information content (AvgIpc) is 2.84. The highest BCUT2D eigenvalue weighted by Crippen LogP contribution is 2.21. The molecule has 0 aliphatic heterocycles. The Morgan fingerprint density at radius 2 is 2.40 bits per heavy atom. The van der Waals surface area contributed by atoms with Crippen molar-refractivity contribution in [1.29, 1.82) is 0 Å². The lowest BCUT2D eigenvalue weighted by Crippen LogP contribution is -1.97. The Balaban J connectivity index is 1.96. The van der Waals surface area contributed by atoms with Gasteiger partial charge in [0, 0.05) is 22.5 Å². The summed E-state index contributed by atoms with van der Waals surface area (Å²) in [7, 11) is 0. The van der Waals surface area contributed by atoms with Crippen molar-refractivity contribution in [3.63, 3.8) is 0 Å². The number of rotatable bonds is 4. The third-order valence-corrected chi connectivity index (χ3v) is 4.12. The number of nitrogens with two attached hydrogens (primary N) is 1. The first kappa shape index (κ1) is 10.6. The minimum Gasteiger partial charge on any atom is -0.357 e. The maximum absolute atomic E-state index is 5.52. The fourth-order valence-electron chi connectivity index (χ4n) is 1.22. The number of aryl methyl sites for hydroxylation is 1. The van der Waals surface area contributed by atoms with Crippen LogP contribution < -0.4 is 11.1 Å². The Morgan fingerprint density at radius 1 is 1.53 bits per heavy atom. The summed E-state index contributed by atoms with van der Waals surface area (Å²) >= 11 is 3.39. The summed E-state index contributed by atoms with van der Waals surface area (Å²) in [5.41, 5.74) is 6.86. The number of thiophene rings is 1. The molecule has 2 heterocycles. The first-order valence-electron chi connectivity index (χ1n) is 4.71. The summed E-state index contributed by atoms with van der Waals surface area (Å²) in [4.78, 5) is 6.72. The van der Waals surface area contributed by atoms with E-state index in [1.54, 1.807) is 22.7 Å². The second-order valence-electron chi connectivity index (χ2n) is 3.22. The van der Waals surface area contributed by atoms with Crippen molar-refractivity contribution < 1.29 is 0 Å². The van der Waals surface area contributed by atoms with E-state index < -0.39 is 0 Å². The van der Waals surface area contributed by atoms with Gasteiger partial charge in [-0.3, -0.25) is 0 Å². The average molecular weight is 239 g/mol. The largest absolute Gasteiger partial charge is 0.357 e. The lowest BCUT2D eigenvalue weighted by Gasteiger charge is -2.00. The molecule has 0 aliphatic carbocycles. The van der Waals surface area contributed by atoms with E-state index in [1.165, 1.54) is 10.4 Å². The molecule has 0 aromatic carbocycles. The van der Waals surface area contributed by atoms with Crippen LogP contribution in [-0.2, 0) is 13.1 Å². The molecular weight excluding hydrogens is 226 g/mol. The zero-order valence-corrected chi connectivity index (χ0v) is 10.1. The molecule has 3 nitrogen and oxygen atoms in total. The monoisotopic (exact) mass is 239 g/mol. The molecule has 0 bridgehead atoms. The summed E-state index contributed by atoms with van der Waals surface area (Å²) in [6, 6.07) is 2.13. The zero-order valence-electron chi connectivity index (χ0n) is 8.49. The highest BCUT2D eigenvalue weighted by molar-refractivity contribution is 7.15. The third-order valence-electron chi connectivity index (χ3n) is 2.12. The lowest BCUT2D eigenvalue weighted by atomic mass is 10.3. The SMILES string of the molecule is Cc1ccsc1CNc1ncc(CN)s1. The number of thiazole rings is 1. The van der Waals surface area contributed by atoms with E-state index in [0.717, 1.165) is 16.6 Å². The van der Waals surface area contributed by atoms with Crippen molar-refractivity contribution in [3.8, 4) is 0 Å². The predicted octanol–water partition coefficient (Wildman–Crippen LogP) is 2.58. The van der Waals surface area contributed by atoms with Crippen LogP contribution in [0.15, 0.2) is 17.6 Å². The third kappa shape index (κ3) is 2.56. The van der Waals surface area contributed by atoms with Crippen LogP contribution in [0.4, 0.5) is 5.13 Å². The van der Waals surface area contributed by atoms with Crippen LogP contribution >= 0.6 is 22.7 Å². The van der Waals surface area contributed by atoms with E-state index in [1.807, 2.05) is 6.20 Å². The molecule has 0 spiro atoms. The Labute approximate surface area is 97.0 Å². The number of hydrogen-bond acceptors (Lipinski definition) is 5. The molecule has 0 saturated heterocycles. The molecular formula is C10H13N3S2. The van der Waals surface area contributed by atoms with Crippen molar-refractivity contribution in [2.24, 2.45) is 5.73 Å². The molecule has 0 radical (unpaired) electrons. The van der Waals surface area contributed by atoms with Gasteiger partial charge in [-0.15, -0.1) is 22.7 Å². The fraction of sp³-hybridized carbons (Fsp3) is 0.300. The van der Waals surface area contributed by atoms with Crippen LogP contribution in [-0.4, -0.2) is 4.98 Å². The Bertz CT molecular complexity index is 433. The fourth-order valence-corrected chi connectivity index (χ4v) is 2.76. The predicted molar refractivity (Wildman–Crippen MR) is 66.4 cm³/mol.